The number of rotatable bonds is 7. The van der Waals surface area contributed by atoms with E-state index in [1.54, 1.807) is 6.07 Å². The number of nitrogens with zero attached hydrogens (tertiary/aromatic N) is 12. The molecule has 21 aromatic rings. The molecule has 9 aromatic carbocycles. The quantitative estimate of drug-likeness (QED) is 0.114. The van der Waals surface area contributed by atoms with E-state index in [9.17, 15) is 8.78 Å². The van der Waals surface area contributed by atoms with E-state index < -0.39 is 11.6 Å². The maximum absolute atomic E-state index is 13.8. The molecule has 0 bridgehead atoms. The van der Waals surface area contributed by atoms with E-state index in [2.05, 4.69) is 230 Å². The Labute approximate surface area is 712 Å². The molecule has 0 fully saturated rings. The zero-order valence-corrected chi connectivity index (χ0v) is 74.5. The van der Waals surface area contributed by atoms with Gasteiger partial charge in [-0.3, -0.25) is 19.9 Å². The number of imidazole rings is 4. The van der Waals surface area contributed by atoms with E-state index in [0.29, 0.717) is 28.5 Å². The van der Waals surface area contributed by atoms with Crippen molar-refractivity contribution in [3.05, 3.63) is 286 Å². The number of aryl methyl sites for hydroxylation is 8. The van der Waals surface area contributed by atoms with Gasteiger partial charge >= 0.3 is 0 Å². The summed E-state index contributed by atoms with van der Waals surface area (Å²) < 4.78 is 36.1. The molecule has 0 N–H and O–H groups in total. The van der Waals surface area contributed by atoms with Crippen molar-refractivity contribution in [1.29, 1.82) is 0 Å². The third-order valence-corrected chi connectivity index (χ3v) is 21.4. The molecule has 0 spiro atoms. The minimum Gasteiger partial charge on any atom is -0.348 e. The molecule has 4 radical (unpaired) electrons. The first kappa shape index (κ1) is 80.5. The van der Waals surface area contributed by atoms with Crippen LogP contribution in [0.25, 0.3) is 165 Å². The third-order valence-electron chi connectivity index (χ3n) is 21.4. The SMILES string of the molecule is CCc1cc2nc3c4[c-]cc(C)nc4c4ccccc4n3c2cc1CC.Cc1c[c-]c2c(n1)c1cc(-c3c(C)cccc3C)ccc1n1c3ccccc3nc21.Cc1c[c-]c2c(n1)c1ccccc1n1c3cc(CC(C)C)c(CC(C)C)cc3nc21.Cc1c[c-]c2c(n1)c1ccccc1n1c3cc(F)c(F)cc3nc21.[Ir].[Ir].[Ir].[Ir]. The average Bonchev–Trinajstić information content (AvgIpc) is 1.57. The van der Waals surface area contributed by atoms with Gasteiger partial charge in [-0.15, -0.1) is 48.5 Å². The molecule has 12 heterocycles. The third kappa shape index (κ3) is 13.9. The van der Waals surface area contributed by atoms with Crippen molar-refractivity contribution in [1.82, 2.24) is 57.5 Å². The molecule has 0 atom stereocenters. The van der Waals surface area contributed by atoms with Gasteiger partial charge in [0.25, 0.3) is 0 Å². The van der Waals surface area contributed by atoms with Crippen molar-refractivity contribution in [3.63, 3.8) is 0 Å². The second-order valence-electron chi connectivity index (χ2n) is 30.1. The summed E-state index contributed by atoms with van der Waals surface area (Å²) in [6.45, 7) is 25.9. The zero-order chi connectivity index (χ0) is 75.7. The van der Waals surface area contributed by atoms with Gasteiger partial charge in [-0.25, -0.2) is 8.78 Å². The van der Waals surface area contributed by atoms with Crippen molar-refractivity contribution >= 4 is 154 Å². The van der Waals surface area contributed by atoms with Crippen molar-refractivity contribution in [2.24, 2.45) is 11.8 Å². The summed E-state index contributed by atoms with van der Waals surface area (Å²) >= 11 is 0. The van der Waals surface area contributed by atoms with Crippen LogP contribution in [0.5, 0.6) is 0 Å². The minimum atomic E-state index is -0.905. The summed E-state index contributed by atoms with van der Waals surface area (Å²) in [6.07, 6.45) is 4.23. The Hall–Kier alpha value is -10.1. The average molecular weight is 2210 g/mol. The second-order valence-corrected chi connectivity index (χ2v) is 30.1. The zero-order valence-electron chi connectivity index (χ0n) is 64.9. The molecule has 0 aliphatic carbocycles. The van der Waals surface area contributed by atoms with E-state index in [0.717, 1.165) is 181 Å². The molecular weight excluding hydrogens is 2130 g/mol. The number of benzene rings is 9. The number of para-hydroxylation sites is 5. The van der Waals surface area contributed by atoms with Crippen LogP contribution in [-0.2, 0) is 106 Å². The Morgan fingerprint density at radius 2 is 0.649 bits per heavy atom. The monoisotopic (exact) mass is 2210 g/mol. The molecule has 0 amide bonds. The van der Waals surface area contributed by atoms with Gasteiger partial charge in [-0.05, 0) is 223 Å². The predicted molar refractivity (Wildman–Crippen MR) is 447 cm³/mol. The van der Waals surface area contributed by atoms with Crippen LogP contribution < -0.4 is 0 Å². The summed E-state index contributed by atoms with van der Waals surface area (Å²) in [5.41, 5.74) is 33.3. The molecule has 0 aliphatic rings. The van der Waals surface area contributed by atoms with Crippen molar-refractivity contribution in [2.45, 2.75) is 109 Å². The van der Waals surface area contributed by atoms with Gasteiger partial charge in [0.05, 0.1) is 66.7 Å². The molecule has 0 saturated heterocycles. The topological polar surface area (TPSA) is 121 Å². The van der Waals surface area contributed by atoms with Gasteiger partial charge in [-0.2, -0.15) is 0 Å². The summed E-state index contributed by atoms with van der Waals surface area (Å²) in [6, 6.07) is 78.9. The van der Waals surface area contributed by atoms with E-state index in [1.165, 1.54) is 61.6 Å². The number of pyridine rings is 8. The summed E-state index contributed by atoms with van der Waals surface area (Å²) in [5.74, 6) is -0.560. The maximum Gasteiger partial charge on any atom is 0.161 e. The van der Waals surface area contributed by atoms with Crippen molar-refractivity contribution in [2.75, 3.05) is 0 Å². The summed E-state index contributed by atoms with van der Waals surface area (Å²) in [7, 11) is 0. The van der Waals surface area contributed by atoms with Crippen LogP contribution in [0.15, 0.2) is 194 Å². The van der Waals surface area contributed by atoms with E-state index in [-0.39, 0.29) is 80.4 Å². The first-order valence-electron chi connectivity index (χ1n) is 37.9. The molecule has 114 heavy (non-hydrogen) atoms. The second kappa shape index (κ2) is 32.3. The number of aromatic nitrogens is 12. The predicted octanol–water partition coefficient (Wildman–Crippen LogP) is 23.3. The van der Waals surface area contributed by atoms with E-state index in [1.807, 2.05) is 80.6 Å². The first-order chi connectivity index (χ1) is 53.4. The normalized spacial score (nSPS) is 11.6. The number of halogens is 2. The minimum absolute atomic E-state index is 0. The molecule has 0 aliphatic heterocycles. The summed E-state index contributed by atoms with van der Waals surface area (Å²) in [5, 5.41) is 8.01. The molecule has 0 saturated carbocycles. The van der Waals surface area contributed by atoms with Crippen LogP contribution in [0, 0.1) is 89.3 Å². The maximum atomic E-state index is 13.8. The van der Waals surface area contributed by atoms with E-state index in [4.69, 9.17) is 29.9 Å². The fourth-order valence-electron chi connectivity index (χ4n) is 16.5. The van der Waals surface area contributed by atoms with Gasteiger partial charge in [0.2, 0.25) is 0 Å². The van der Waals surface area contributed by atoms with Crippen LogP contribution in [0.4, 0.5) is 8.78 Å². The molecule has 12 aromatic heterocycles. The van der Waals surface area contributed by atoms with Crippen molar-refractivity contribution < 1.29 is 89.2 Å². The Balaban J connectivity index is 0.000000125. The van der Waals surface area contributed by atoms with Crippen LogP contribution >= 0.6 is 0 Å². The largest absolute Gasteiger partial charge is 0.348 e. The number of fused-ring (bicyclic) bond motifs is 32. The van der Waals surface area contributed by atoms with Crippen molar-refractivity contribution in [3.8, 4) is 11.1 Å². The fraction of sp³-hybridized carbons (Fsp3) is 0.188. The van der Waals surface area contributed by atoms with Gasteiger partial charge in [0, 0.05) is 115 Å². The molecule has 21 rings (SSSR count). The van der Waals surface area contributed by atoms with Crippen LogP contribution in [-0.4, -0.2) is 57.5 Å². The Morgan fingerprint density at radius 1 is 0.316 bits per heavy atom. The van der Waals surface area contributed by atoms with Gasteiger partial charge < -0.3 is 37.5 Å². The van der Waals surface area contributed by atoms with Crippen LogP contribution in [0.3, 0.4) is 0 Å². The molecule has 0 unspecified atom stereocenters. The van der Waals surface area contributed by atoms with Gasteiger partial charge in [0.15, 0.2) is 11.6 Å². The molecule has 576 valence electrons. The first-order valence-corrected chi connectivity index (χ1v) is 37.9. The number of hydrogen-bond donors (Lipinski definition) is 0. The molecular formula is C96H78F2Ir4N12-4. The molecule has 18 heteroatoms. The Kier molecular flexibility index (Phi) is 22.8. The van der Waals surface area contributed by atoms with Crippen LogP contribution in [0.1, 0.15) is 97.7 Å². The fourth-order valence-corrected chi connectivity index (χ4v) is 16.5. The van der Waals surface area contributed by atoms with Crippen LogP contribution in [0.2, 0.25) is 0 Å². The Bertz CT molecular complexity index is 7390. The Morgan fingerprint density at radius 3 is 1.09 bits per heavy atom. The smallest absolute Gasteiger partial charge is 0.161 e. The van der Waals surface area contributed by atoms with E-state index >= 15 is 0 Å². The number of hydrogen-bond acceptors (Lipinski definition) is 8. The molecule has 12 nitrogen and oxygen atoms in total. The standard InChI is InChI=1S/C27H20N3.C27H28N3.C23H20N3.C19H10F2N3.4Ir/c1-16-7-6-8-17(2)25(16)19-12-14-23-21(15-19)26-20(13-11-18(3)28-26)27-29-22-9-4-5-10-24(22)30(23)27;1-16(2)12-19-14-23-25(15-20(19)13-17(3)4)30-24-9-7-6-8-21(24)26-22(27(30)29-23)11-10-18(5)28-26;1-4-15-12-19-21(13-16(15)5-2)26-20-9-7-6-8-17(20)22-18(23(26)25-19)11-10-14(3)24-22;1-10-6-7-12-18(22-10)11-4-2-3-5-16(11)24-17-9-14(21)13(20)8-15(17)23-19(12)24;;;;/h4-12,14-15H,1-3H3;6-10,14-17H,12-13H2,1-5H3;6-10,12-13H,4-5H2,1-3H3;2-6,8-9H,1H3;;;;/q4*-1;;;;. The van der Waals surface area contributed by atoms with Gasteiger partial charge in [0.1, 0.15) is 0 Å². The van der Waals surface area contributed by atoms with Gasteiger partial charge in [-0.1, -0.05) is 188 Å². The summed E-state index contributed by atoms with van der Waals surface area (Å²) in [4.78, 5) is 38.7.